The summed E-state index contributed by atoms with van der Waals surface area (Å²) in [6.07, 6.45) is 9.75. The number of aromatic nitrogens is 2. The predicted molar refractivity (Wildman–Crippen MR) is 283 cm³/mol. The highest BCUT2D eigenvalue weighted by molar-refractivity contribution is 7.90. The molecule has 4 aliphatic heterocycles. The molecule has 3 aromatic carbocycles. The van der Waals surface area contributed by atoms with Crippen LogP contribution in [0.25, 0.3) is 11.0 Å². The van der Waals surface area contributed by atoms with Crippen LogP contribution in [0.15, 0.2) is 83.9 Å². The van der Waals surface area contributed by atoms with Crippen LogP contribution >= 0.6 is 0 Å². The Kier molecular flexibility index (Phi) is 13.4. The number of hydrogen-bond acceptors (Lipinski definition) is 14. The average molecular weight is 1020 g/mol. The lowest BCUT2D eigenvalue weighted by Gasteiger charge is -2.57. The molecular formula is C55H69N9O8S. The number of nitrogens with one attached hydrogen (secondary N) is 3. The molecule has 2 saturated carbocycles. The zero-order valence-corrected chi connectivity index (χ0v) is 43.0. The lowest BCUT2D eigenvalue weighted by molar-refractivity contribution is -0.384. The highest BCUT2D eigenvalue weighted by atomic mass is 32.2. The molecule has 6 heterocycles. The van der Waals surface area contributed by atoms with Gasteiger partial charge in [0, 0.05) is 68.6 Å². The molecule has 2 aromatic heterocycles. The van der Waals surface area contributed by atoms with Crippen molar-refractivity contribution in [2.45, 2.75) is 113 Å². The fraction of sp³-hybridized carbons (Fsp3) is 0.527. The molecule has 5 aromatic rings. The van der Waals surface area contributed by atoms with E-state index in [0.717, 1.165) is 99.1 Å². The SMILES string of the molecule is CC(C)c1ccccc1[C@@H]1COCCN1C1CC2(CCN(c3ccc(C(=O)NS(=O)(=O)c4ccc(NC[C@H]5CC[C@](C)(O)CC5)c([N+](=O)[O-])c4)c(N4CC[C@H]5COCCN5c5nc6[nH]ccc6cc54)c3)CC2)C1. The fourth-order valence-corrected chi connectivity index (χ4v) is 13.8. The van der Waals surface area contributed by atoms with Gasteiger partial charge in [-0.3, -0.25) is 19.8 Å². The molecule has 11 rings (SSSR count). The number of ether oxygens (including phenoxy) is 2. The molecular weight excluding hydrogens is 947 g/mol. The third-order valence-corrected chi connectivity index (χ3v) is 18.4. The van der Waals surface area contributed by atoms with Crippen molar-refractivity contribution < 1.29 is 32.7 Å². The van der Waals surface area contributed by atoms with Crippen LogP contribution in [0.1, 0.15) is 112 Å². The number of hydrogen-bond donors (Lipinski definition) is 4. The summed E-state index contributed by atoms with van der Waals surface area (Å²) < 4.78 is 42.8. The van der Waals surface area contributed by atoms with Crippen molar-refractivity contribution in [2.75, 3.05) is 85.7 Å². The van der Waals surface area contributed by atoms with Crippen molar-refractivity contribution >= 4 is 61.2 Å². The van der Waals surface area contributed by atoms with Gasteiger partial charge in [0.05, 0.1) is 70.9 Å². The highest BCUT2D eigenvalue weighted by Gasteiger charge is 2.50. The first-order chi connectivity index (χ1) is 35.1. The van der Waals surface area contributed by atoms with Crippen molar-refractivity contribution in [1.82, 2.24) is 19.6 Å². The van der Waals surface area contributed by atoms with Crippen LogP contribution in [0, 0.1) is 21.4 Å². The minimum Gasteiger partial charge on any atom is -0.390 e. The van der Waals surface area contributed by atoms with Gasteiger partial charge in [0.2, 0.25) is 0 Å². The lowest BCUT2D eigenvalue weighted by atomic mass is 9.59. The number of aromatic amines is 1. The topological polar surface area (TPSA) is 199 Å². The number of anilines is 5. The second-order valence-electron chi connectivity index (χ2n) is 22.2. The van der Waals surface area contributed by atoms with Crippen molar-refractivity contribution in [3.05, 3.63) is 106 Å². The molecule has 1 amide bonds. The van der Waals surface area contributed by atoms with E-state index in [9.17, 15) is 28.4 Å². The maximum Gasteiger partial charge on any atom is 0.293 e. The van der Waals surface area contributed by atoms with E-state index in [1.807, 2.05) is 31.3 Å². The standard InChI is InChI=1S/C55H69N9O8S/c1-36(2)43-6-4-5-7-44(43)50-35-72-26-24-61(50)41-31-55(32-41)18-22-60(23-19-55)39-8-10-45(47(29-39)63-21-15-40-34-71-27-25-62(40)52-49(63)28-38-14-20-56-51(38)58-52)53(65)59-73(69,70)42-9-11-46(48(30-42)64(67)68)57-33-37-12-16-54(3,66)17-13-37/h4-11,14,20,28-30,36-37,40-41,50,57,66H,12-13,15-19,21-27,31-35H2,1-3H3,(H,56,58)(H,59,65)/t37-,40-,50-,54-/m0/s1. The number of carbonyl (C=O) groups excluding carboxylic acids is 1. The summed E-state index contributed by atoms with van der Waals surface area (Å²) in [6.45, 7) is 13.1. The van der Waals surface area contributed by atoms with Crippen LogP contribution in [0.3, 0.4) is 0 Å². The molecule has 2 atom stereocenters. The maximum atomic E-state index is 14.7. The van der Waals surface area contributed by atoms with Crippen LogP contribution < -0.4 is 24.7 Å². The Bertz CT molecular complexity index is 2970. The van der Waals surface area contributed by atoms with Crippen LogP contribution in [0.5, 0.6) is 0 Å². The Morgan fingerprint density at radius 3 is 2.45 bits per heavy atom. The molecule has 0 radical (unpaired) electrons. The number of carbonyl (C=O) groups is 1. The van der Waals surface area contributed by atoms with Crippen LogP contribution in [-0.2, 0) is 19.5 Å². The number of morpholine rings is 2. The first-order valence-corrected chi connectivity index (χ1v) is 27.9. The molecule has 0 bridgehead atoms. The molecule has 4 N–H and O–H groups in total. The number of nitro groups is 1. The van der Waals surface area contributed by atoms with Gasteiger partial charge < -0.3 is 39.6 Å². The molecule has 3 saturated heterocycles. The maximum absolute atomic E-state index is 14.7. The van der Waals surface area contributed by atoms with E-state index in [1.165, 1.54) is 23.3 Å². The first-order valence-electron chi connectivity index (χ1n) is 26.4. The molecule has 18 heteroatoms. The number of aliphatic hydroxyl groups is 1. The van der Waals surface area contributed by atoms with Gasteiger partial charge in [0.1, 0.15) is 11.3 Å². The van der Waals surface area contributed by atoms with E-state index >= 15 is 0 Å². The van der Waals surface area contributed by atoms with E-state index < -0.39 is 37.0 Å². The summed E-state index contributed by atoms with van der Waals surface area (Å²) in [4.78, 5) is 44.0. The number of fused-ring (bicyclic) bond motifs is 4. The number of nitro benzene ring substituents is 1. The smallest absolute Gasteiger partial charge is 0.293 e. The quantitative estimate of drug-likeness (QED) is 0.0684. The number of rotatable bonds is 12. The van der Waals surface area contributed by atoms with Crippen molar-refractivity contribution in [2.24, 2.45) is 11.3 Å². The Labute approximate surface area is 427 Å². The number of piperidine rings is 1. The Morgan fingerprint density at radius 2 is 1.67 bits per heavy atom. The summed E-state index contributed by atoms with van der Waals surface area (Å²) in [7, 11) is -4.60. The Hall–Kier alpha value is -5.79. The molecule has 2 aliphatic carbocycles. The minimum absolute atomic E-state index is 0.0350. The number of H-pyrrole nitrogens is 1. The molecule has 17 nitrogen and oxygen atoms in total. The number of pyridine rings is 1. The largest absolute Gasteiger partial charge is 0.390 e. The third-order valence-electron chi connectivity index (χ3n) is 17.1. The molecule has 5 fully saturated rings. The second-order valence-corrected chi connectivity index (χ2v) is 23.8. The van der Waals surface area contributed by atoms with Crippen molar-refractivity contribution in [1.29, 1.82) is 0 Å². The summed E-state index contributed by atoms with van der Waals surface area (Å²) in [6, 6.07) is 23.0. The molecule has 388 valence electrons. The van der Waals surface area contributed by atoms with Crippen LogP contribution in [-0.4, -0.2) is 123 Å². The molecule has 1 spiro atoms. The fourth-order valence-electron chi connectivity index (χ4n) is 12.8. The zero-order chi connectivity index (χ0) is 50.6. The lowest BCUT2D eigenvalue weighted by Crippen LogP contribution is -2.58. The Morgan fingerprint density at radius 1 is 0.904 bits per heavy atom. The van der Waals surface area contributed by atoms with E-state index in [1.54, 1.807) is 6.07 Å². The average Bonchev–Trinajstić information content (AvgIpc) is 3.78. The summed E-state index contributed by atoms with van der Waals surface area (Å²) >= 11 is 0. The number of amides is 1. The van der Waals surface area contributed by atoms with Gasteiger partial charge in [-0.25, -0.2) is 18.1 Å². The van der Waals surface area contributed by atoms with Gasteiger partial charge in [-0.15, -0.1) is 0 Å². The number of benzene rings is 3. The molecule has 73 heavy (non-hydrogen) atoms. The third kappa shape index (κ3) is 9.88. The number of nitrogens with zero attached hydrogens (tertiary/aromatic N) is 6. The Balaban J connectivity index is 0.864. The minimum atomic E-state index is -4.60. The normalized spacial score (nSPS) is 24.7. The van der Waals surface area contributed by atoms with Crippen LogP contribution in [0.4, 0.5) is 34.3 Å². The molecule has 0 unspecified atom stereocenters. The summed E-state index contributed by atoms with van der Waals surface area (Å²) in [5.41, 5.74) is 5.28. The number of sulfonamides is 1. The van der Waals surface area contributed by atoms with Crippen molar-refractivity contribution in [3.63, 3.8) is 0 Å². The monoisotopic (exact) mass is 1020 g/mol. The van der Waals surface area contributed by atoms with Gasteiger partial charge in [0.15, 0.2) is 5.82 Å². The van der Waals surface area contributed by atoms with Gasteiger partial charge in [-0.2, -0.15) is 0 Å². The van der Waals surface area contributed by atoms with Gasteiger partial charge in [0.25, 0.3) is 21.6 Å². The second kappa shape index (κ2) is 19.8. The summed E-state index contributed by atoms with van der Waals surface area (Å²) in [5.74, 6) is 0.546. The highest BCUT2D eigenvalue weighted by Crippen LogP contribution is 2.54. The van der Waals surface area contributed by atoms with E-state index in [4.69, 9.17) is 14.5 Å². The summed E-state index contributed by atoms with van der Waals surface area (Å²) in [5, 5.41) is 26.8. The zero-order valence-electron chi connectivity index (χ0n) is 42.2. The predicted octanol–water partition coefficient (Wildman–Crippen LogP) is 8.64. The van der Waals surface area contributed by atoms with Crippen molar-refractivity contribution in [3.8, 4) is 0 Å². The van der Waals surface area contributed by atoms with Gasteiger partial charge in [-0.1, -0.05) is 38.1 Å². The van der Waals surface area contributed by atoms with E-state index in [2.05, 4.69) is 78.8 Å². The van der Waals surface area contributed by atoms with Gasteiger partial charge >= 0.3 is 0 Å². The van der Waals surface area contributed by atoms with E-state index in [0.29, 0.717) is 76.4 Å². The first kappa shape index (κ1) is 49.4. The van der Waals surface area contributed by atoms with Crippen LogP contribution in [0.2, 0.25) is 0 Å². The van der Waals surface area contributed by atoms with E-state index in [-0.39, 0.29) is 34.7 Å². The van der Waals surface area contributed by atoms with Gasteiger partial charge in [-0.05, 0) is 136 Å². The molecule has 6 aliphatic rings.